The molecule has 1 aliphatic carbocycles. The Labute approximate surface area is 61.2 Å². The fraction of sp³-hybridized carbons (Fsp3) is 1.00. The van der Waals surface area contributed by atoms with Crippen molar-refractivity contribution < 1.29 is 4.74 Å². The van der Waals surface area contributed by atoms with Crippen LogP contribution in [0.4, 0.5) is 0 Å². The van der Waals surface area contributed by atoms with Crippen LogP contribution in [0.5, 0.6) is 0 Å². The van der Waals surface area contributed by atoms with Crippen LogP contribution in [0.25, 0.3) is 0 Å². The summed E-state index contributed by atoms with van der Waals surface area (Å²) in [6.45, 7) is 2.83. The second-order valence-corrected chi connectivity index (χ2v) is 2.76. The van der Waals surface area contributed by atoms with Gasteiger partial charge in [0.05, 0.1) is 13.2 Å². The third-order valence-corrected chi connectivity index (χ3v) is 2.40. The van der Waals surface area contributed by atoms with Gasteiger partial charge in [-0.25, -0.2) is 0 Å². The van der Waals surface area contributed by atoms with Crippen molar-refractivity contribution in [1.29, 1.82) is 0 Å². The number of ether oxygens (including phenoxy) is 1. The molecule has 2 nitrogen and oxygen atoms in total. The Balaban J connectivity index is 0.000000405. The number of nitrogens with two attached hydrogens (primary N) is 1. The highest BCUT2D eigenvalue weighted by atomic mass is 35.5. The lowest BCUT2D eigenvalue weighted by molar-refractivity contribution is 0.152. The number of hydrogen-bond acceptors (Lipinski definition) is 2. The first-order valence-electron chi connectivity index (χ1n) is 3.21. The fourth-order valence-electron chi connectivity index (χ4n) is 1.71. The third kappa shape index (κ3) is 0.955. The first kappa shape index (κ1) is 7.32. The van der Waals surface area contributed by atoms with Gasteiger partial charge in [0.25, 0.3) is 0 Å². The Morgan fingerprint density at radius 1 is 1.33 bits per heavy atom. The number of rotatable bonds is 1. The summed E-state index contributed by atoms with van der Waals surface area (Å²) in [5, 5.41) is 0. The van der Waals surface area contributed by atoms with E-state index < -0.39 is 0 Å². The highest BCUT2D eigenvalue weighted by Crippen LogP contribution is 2.49. The lowest BCUT2D eigenvalue weighted by atomic mass is 10.3. The molecule has 9 heavy (non-hydrogen) atoms. The zero-order chi connectivity index (χ0) is 5.56. The van der Waals surface area contributed by atoms with Crippen LogP contribution in [0.3, 0.4) is 0 Å². The Hall–Kier alpha value is 0.210. The Morgan fingerprint density at radius 2 is 1.89 bits per heavy atom. The van der Waals surface area contributed by atoms with E-state index in [2.05, 4.69) is 0 Å². The van der Waals surface area contributed by atoms with Crippen LogP contribution < -0.4 is 5.73 Å². The van der Waals surface area contributed by atoms with Crippen LogP contribution in [-0.2, 0) is 4.74 Å². The quantitative estimate of drug-likeness (QED) is 0.581. The molecule has 1 aliphatic heterocycles. The molecule has 0 spiro atoms. The molecule has 2 unspecified atom stereocenters. The molecule has 3 heteroatoms. The molecular formula is C6H12ClNO. The SMILES string of the molecule is Cl.NCC1C2COCC12. The molecule has 0 radical (unpaired) electrons. The largest absolute Gasteiger partial charge is 0.381 e. The molecule has 0 aromatic carbocycles. The molecule has 1 heterocycles. The van der Waals surface area contributed by atoms with Gasteiger partial charge in [-0.15, -0.1) is 12.4 Å². The molecule has 0 aromatic heterocycles. The first-order valence-corrected chi connectivity index (χ1v) is 3.21. The van der Waals surface area contributed by atoms with Gasteiger partial charge in [0.15, 0.2) is 0 Å². The van der Waals surface area contributed by atoms with Gasteiger partial charge in [0.2, 0.25) is 0 Å². The molecule has 2 N–H and O–H groups in total. The topological polar surface area (TPSA) is 35.2 Å². The highest BCUT2D eigenvalue weighted by Gasteiger charge is 2.52. The summed E-state index contributed by atoms with van der Waals surface area (Å²) in [6, 6.07) is 0. The minimum Gasteiger partial charge on any atom is -0.381 e. The summed E-state index contributed by atoms with van der Waals surface area (Å²) in [7, 11) is 0. The normalized spacial score (nSPS) is 45.7. The van der Waals surface area contributed by atoms with Gasteiger partial charge in [0.1, 0.15) is 0 Å². The van der Waals surface area contributed by atoms with E-state index in [-0.39, 0.29) is 12.4 Å². The van der Waals surface area contributed by atoms with E-state index in [9.17, 15) is 0 Å². The van der Waals surface area contributed by atoms with E-state index in [0.29, 0.717) is 0 Å². The van der Waals surface area contributed by atoms with Gasteiger partial charge in [-0.05, 0) is 24.3 Å². The van der Waals surface area contributed by atoms with Crippen molar-refractivity contribution in [2.75, 3.05) is 19.8 Å². The summed E-state index contributed by atoms with van der Waals surface area (Å²) in [6.07, 6.45) is 0. The van der Waals surface area contributed by atoms with Gasteiger partial charge in [-0.2, -0.15) is 0 Å². The molecule has 1 saturated carbocycles. The molecule has 0 amide bonds. The van der Waals surface area contributed by atoms with Crippen LogP contribution in [0.15, 0.2) is 0 Å². The van der Waals surface area contributed by atoms with E-state index in [4.69, 9.17) is 10.5 Å². The van der Waals surface area contributed by atoms with E-state index in [1.54, 1.807) is 0 Å². The zero-order valence-corrected chi connectivity index (χ0v) is 6.06. The monoisotopic (exact) mass is 149 g/mol. The van der Waals surface area contributed by atoms with Crippen molar-refractivity contribution in [3.63, 3.8) is 0 Å². The summed E-state index contributed by atoms with van der Waals surface area (Å²) in [4.78, 5) is 0. The molecule has 1 saturated heterocycles. The lowest BCUT2D eigenvalue weighted by Gasteiger charge is -1.97. The summed E-state index contributed by atoms with van der Waals surface area (Å²) < 4.78 is 5.18. The van der Waals surface area contributed by atoms with E-state index in [0.717, 1.165) is 37.5 Å². The Morgan fingerprint density at radius 3 is 2.22 bits per heavy atom. The second kappa shape index (κ2) is 2.45. The Bertz CT molecular complexity index is 92.5. The molecular weight excluding hydrogens is 138 g/mol. The lowest BCUT2D eigenvalue weighted by Crippen LogP contribution is -2.08. The summed E-state index contributed by atoms with van der Waals surface area (Å²) >= 11 is 0. The zero-order valence-electron chi connectivity index (χ0n) is 5.25. The average Bonchev–Trinajstić information content (AvgIpc) is 2.22. The minimum atomic E-state index is 0. The molecule has 2 fully saturated rings. The summed E-state index contributed by atoms with van der Waals surface area (Å²) in [5.74, 6) is 2.52. The highest BCUT2D eigenvalue weighted by molar-refractivity contribution is 5.85. The summed E-state index contributed by atoms with van der Waals surface area (Å²) in [5.41, 5.74) is 5.47. The van der Waals surface area contributed by atoms with Crippen molar-refractivity contribution in [3.05, 3.63) is 0 Å². The maximum Gasteiger partial charge on any atom is 0.0501 e. The van der Waals surface area contributed by atoms with Gasteiger partial charge in [-0.3, -0.25) is 0 Å². The van der Waals surface area contributed by atoms with Gasteiger partial charge < -0.3 is 10.5 Å². The second-order valence-electron chi connectivity index (χ2n) is 2.76. The number of hydrogen-bond donors (Lipinski definition) is 1. The van der Waals surface area contributed by atoms with Crippen LogP contribution in [-0.4, -0.2) is 19.8 Å². The van der Waals surface area contributed by atoms with Crippen LogP contribution in [0.2, 0.25) is 0 Å². The molecule has 2 rings (SSSR count). The van der Waals surface area contributed by atoms with Crippen LogP contribution in [0, 0.1) is 17.8 Å². The third-order valence-electron chi connectivity index (χ3n) is 2.40. The van der Waals surface area contributed by atoms with Crippen molar-refractivity contribution in [2.24, 2.45) is 23.5 Å². The molecule has 2 aliphatic rings. The Kier molecular flexibility index (Phi) is 1.99. The molecule has 54 valence electrons. The first-order chi connectivity index (χ1) is 3.93. The van der Waals surface area contributed by atoms with Crippen LogP contribution >= 0.6 is 12.4 Å². The maximum atomic E-state index is 5.47. The molecule has 2 atom stereocenters. The predicted octanol–water partition coefficient (Wildman–Crippen LogP) is 0.259. The van der Waals surface area contributed by atoms with Crippen molar-refractivity contribution in [1.82, 2.24) is 0 Å². The van der Waals surface area contributed by atoms with Crippen molar-refractivity contribution in [3.8, 4) is 0 Å². The molecule has 0 bridgehead atoms. The van der Waals surface area contributed by atoms with Gasteiger partial charge >= 0.3 is 0 Å². The minimum absolute atomic E-state index is 0. The fourth-order valence-corrected chi connectivity index (χ4v) is 1.71. The van der Waals surface area contributed by atoms with Gasteiger partial charge in [0, 0.05) is 0 Å². The van der Waals surface area contributed by atoms with Crippen molar-refractivity contribution in [2.45, 2.75) is 0 Å². The molecule has 0 aromatic rings. The van der Waals surface area contributed by atoms with E-state index in [1.807, 2.05) is 0 Å². The van der Waals surface area contributed by atoms with E-state index in [1.165, 1.54) is 0 Å². The average molecular weight is 150 g/mol. The van der Waals surface area contributed by atoms with E-state index >= 15 is 0 Å². The van der Waals surface area contributed by atoms with Gasteiger partial charge in [-0.1, -0.05) is 0 Å². The maximum absolute atomic E-state index is 5.47. The number of fused-ring (bicyclic) bond motifs is 1. The smallest absolute Gasteiger partial charge is 0.0501 e. The van der Waals surface area contributed by atoms with Crippen molar-refractivity contribution >= 4 is 12.4 Å². The number of halogens is 1. The van der Waals surface area contributed by atoms with Crippen LogP contribution in [0.1, 0.15) is 0 Å². The predicted molar refractivity (Wildman–Crippen MR) is 37.6 cm³/mol. The standard InChI is InChI=1S/C6H11NO.ClH/c7-1-4-5-2-8-3-6(4)5;/h4-6H,1-3,7H2;1H.